The van der Waals surface area contributed by atoms with Crippen LogP contribution in [0.1, 0.15) is 52.0 Å². The lowest BCUT2D eigenvalue weighted by atomic mass is 9.84. The van der Waals surface area contributed by atoms with Crippen LogP contribution in [0.4, 0.5) is 0 Å². The molecule has 3 aliphatic rings. The summed E-state index contributed by atoms with van der Waals surface area (Å²) < 4.78 is 0. The number of nitrogens with one attached hydrogen (secondary N) is 1. The van der Waals surface area contributed by atoms with Gasteiger partial charge < -0.3 is 0 Å². The summed E-state index contributed by atoms with van der Waals surface area (Å²) in [5, 5.41) is 2.16. The quantitative estimate of drug-likeness (QED) is 0.584. The van der Waals surface area contributed by atoms with E-state index in [9.17, 15) is 24.0 Å². The standard InChI is InChI=1S/C19H14N2O5/c22-12-7-11(8-12)2-1-10-3-4-13-14(9-10)19(26)21(18(13)25)15-5-6-16(23)20-17(15)24/h3-4,9,11,15H,5-8H2,(H,20,23,24). The number of Topliss-reactive ketones (excluding diaryl/α,β-unsaturated/α-hetero) is 1. The Hall–Kier alpha value is -3.27. The number of carbonyl (C=O) groups is 5. The second kappa shape index (κ2) is 5.92. The zero-order valence-corrected chi connectivity index (χ0v) is 13.7. The lowest BCUT2D eigenvalue weighted by Gasteiger charge is -2.27. The van der Waals surface area contributed by atoms with Gasteiger partial charge in [0.2, 0.25) is 11.8 Å². The fourth-order valence-corrected chi connectivity index (χ4v) is 3.33. The van der Waals surface area contributed by atoms with Gasteiger partial charge in [0.15, 0.2) is 0 Å². The Bertz CT molecular complexity index is 944. The zero-order valence-electron chi connectivity index (χ0n) is 13.7. The average Bonchev–Trinajstić information content (AvgIpc) is 2.82. The van der Waals surface area contributed by atoms with Gasteiger partial charge in [0.1, 0.15) is 11.8 Å². The van der Waals surface area contributed by atoms with Crippen LogP contribution in [-0.4, -0.2) is 40.4 Å². The van der Waals surface area contributed by atoms with Crippen molar-refractivity contribution < 1.29 is 24.0 Å². The molecule has 1 saturated carbocycles. The van der Waals surface area contributed by atoms with Crippen LogP contribution < -0.4 is 5.32 Å². The molecule has 1 atom stereocenters. The van der Waals surface area contributed by atoms with Gasteiger partial charge >= 0.3 is 0 Å². The van der Waals surface area contributed by atoms with Crippen molar-refractivity contribution in [3.8, 4) is 11.8 Å². The highest BCUT2D eigenvalue weighted by atomic mass is 16.2. The Kier molecular flexibility index (Phi) is 3.69. The molecule has 4 amide bonds. The maximum Gasteiger partial charge on any atom is 0.262 e. The van der Waals surface area contributed by atoms with Crippen molar-refractivity contribution >= 4 is 29.4 Å². The highest BCUT2D eigenvalue weighted by Gasteiger charge is 2.44. The highest BCUT2D eigenvalue weighted by Crippen LogP contribution is 2.28. The minimum atomic E-state index is -0.976. The predicted octanol–water partition coefficient (Wildman–Crippen LogP) is 0.418. The smallest absolute Gasteiger partial charge is 0.262 e. The molecule has 7 nitrogen and oxygen atoms in total. The summed E-state index contributed by atoms with van der Waals surface area (Å²) in [6.45, 7) is 0. The van der Waals surface area contributed by atoms with Crippen molar-refractivity contribution in [2.24, 2.45) is 5.92 Å². The summed E-state index contributed by atoms with van der Waals surface area (Å²) >= 11 is 0. The average molecular weight is 350 g/mol. The molecular formula is C19H14N2O5. The molecule has 0 bridgehead atoms. The van der Waals surface area contributed by atoms with Crippen LogP contribution in [-0.2, 0) is 14.4 Å². The number of fused-ring (bicyclic) bond motifs is 1. The molecular weight excluding hydrogens is 336 g/mol. The summed E-state index contributed by atoms with van der Waals surface area (Å²) in [6, 6.07) is 3.73. The van der Waals surface area contributed by atoms with Crippen LogP contribution in [0.2, 0.25) is 0 Å². The number of piperidine rings is 1. The number of ketones is 1. The zero-order chi connectivity index (χ0) is 18.4. The van der Waals surface area contributed by atoms with Crippen molar-refractivity contribution in [2.45, 2.75) is 31.7 Å². The first-order chi connectivity index (χ1) is 12.4. The Labute approximate surface area is 148 Å². The lowest BCUT2D eigenvalue weighted by Crippen LogP contribution is -2.54. The number of rotatable bonds is 1. The van der Waals surface area contributed by atoms with E-state index in [4.69, 9.17) is 0 Å². The second-order valence-corrected chi connectivity index (χ2v) is 6.62. The van der Waals surface area contributed by atoms with Crippen LogP contribution in [0.5, 0.6) is 0 Å². The molecule has 1 aromatic carbocycles. The van der Waals surface area contributed by atoms with E-state index in [1.54, 1.807) is 6.07 Å². The van der Waals surface area contributed by atoms with E-state index in [1.807, 2.05) is 0 Å². The highest BCUT2D eigenvalue weighted by molar-refractivity contribution is 6.23. The SMILES string of the molecule is O=C1CC(C#Cc2ccc3c(c2)C(=O)N(C2CCC(=O)NC2=O)C3=O)C1. The topological polar surface area (TPSA) is 101 Å². The first-order valence-electron chi connectivity index (χ1n) is 8.33. The first-order valence-corrected chi connectivity index (χ1v) is 8.33. The predicted molar refractivity (Wildman–Crippen MR) is 87.7 cm³/mol. The van der Waals surface area contributed by atoms with E-state index < -0.39 is 29.7 Å². The van der Waals surface area contributed by atoms with E-state index >= 15 is 0 Å². The Morgan fingerprint density at radius 3 is 2.42 bits per heavy atom. The molecule has 4 rings (SSSR count). The fourth-order valence-electron chi connectivity index (χ4n) is 3.33. The molecule has 130 valence electrons. The molecule has 0 spiro atoms. The number of carbonyl (C=O) groups excluding carboxylic acids is 5. The number of hydrogen-bond acceptors (Lipinski definition) is 5. The van der Waals surface area contributed by atoms with E-state index in [1.165, 1.54) is 12.1 Å². The van der Waals surface area contributed by atoms with Gasteiger partial charge in [0.25, 0.3) is 11.8 Å². The number of nitrogens with zero attached hydrogens (tertiary/aromatic N) is 1. The summed E-state index contributed by atoms with van der Waals surface area (Å²) in [5.74, 6) is 4.03. The molecule has 0 aromatic heterocycles. The van der Waals surface area contributed by atoms with Gasteiger partial charge in [-0.05, 0) is 24.6 Å². The lowest BCUT2D eigenvalue weighted by molar-refractivity contribution is -0.136. The Morgan fingerprint density at radius 2 is 1.73 bits per heavy atom. The monoisotopic (exact) mass is 350 g/mol. The van der Waals surface area contributed by atoms with Crippen molar-refractivity contribution in [3.63, 3.8) is 0 Å². The van der Waals surface area contributed by atoms with Gasteiger partial charge in [-0.2, -0.15) is 0 Å². The minimum absolute atomic E-state index is 0.0491. The van der Waals surface area contributed by atoms with Crippen LogP contribution in [0.3, 0.4) is 0 Å². The van der Waals surface area contributed by atoms with Gasteiger partial charge in [-0.25, -0.2) is 0 Å². The molecule has 0 radical (unpaired) electrons. The third-order valence-electron chi connectivity index (χ3n) is 4.81. The third kappa shape index (κ3) is 2.60. The maximum atomic E-state index is 12.7. The van der Waals surface area contributed by atoms with Crippen LogP contribution in [0, 0.1) is 17.8 Å². The molecule has 1 aromatic rings. The van der Waals surface area contributed by atoms with E-state index in [0.717, 1.165) is 4.90 Å². The molecule has 2 aliphatic heterocycles. The van der Waals surface area contributed by atoms with E-state index in [-0.39, 0.29) is 35.7 Å². The van der Waals surface area contributed by atoms with Gasteiger partial charge in [-0.3, -0.25) is 34.2 Å². The molecule has 1 N–H and O–H groups in total. The number of imide groups is 2. The molecule has 2 heterocycles. The van der Waals surface area contributed by atoms with E-state index in [0.29, 0.717) is 18.4 Å². The summed E-state index contributed by atoms with van der Waals surface area (Å²) in [7, 11) is 0. The normalized spacial score (nSPS) is 22.5. The minimum Gasteiger partial charge on any atom is -0.300 e. The first kappa shape index (κ1) is 16.2. The molecule has 2 fully saturated rings. The largest absolute Gasteiger partial charge is 0.300 e. The second-order valence-electron chi connectivity index (χ2n) is 6.62. The number of benzene rings is 1. The van der Waals surface area contributed by atoms with Crippen LogP contribution in [0.25, 0.3) is 0 Å². The number of hydrogen-bond donors (Lipinski definition) is 1. The van der Waals surface area contributed by atoms with Crippen molar-refractivity contribution in [3.05, 3.63) is 34.9 Å². The molecule has 1 saturated heterocycles. The van der Waals surface area contributed by atoms with Gasteiger partial charge in [-0.1, -0.05) is 11.8 Å². The summed E-state index contributed by atoms with van der Waals surface area (Å²) in [6.07, 6.45) is 1.12. The third-order valence-corrected chi connectivity index (χ3v) is 4.81. The maximum absolute atomic E-state index is 12.7. The van der Waals surface area contributed by atoms with Crippen molar-refractivity contribution in [1.82, 2.24) is 10.2 Å². The Morgan fingerprint density at radius 1 is 1.00 bits per heavy atom. The number of amides is 4. The van der Waals surface area contributed by atoms with Crippen LogP contribution >= 0.6 is 0 Å². The molecule has 1 aliphatic carbocycles. The van der Waals surface area contributed by atoms with Gasteiger partial charge in [0, 0.05) is 30.7 Å². The summed E-state index contributed by atoms with van der Waals surface area (Å²) in [4.78, 5) is 60.4. The molecule has 1 unspecified atom stereocenters. The molecule has 7 heteroatoms. The van der Waals surface area contributed by atoms with Gasteiger partial charge in [0.05, 0.1) is 11.1 Å². The Balaban J connectivity index is 1.59. The van der Waals surface area contributed by atoms with Gasteiger partial charge in [-0.15, -0.1) is 0 Å². The molecule has 26 heavy (non-hydrogen) atoms. The fraction of sp³-hybridized carbons (Fsp3) is 0.316. The van der Waals surface area contributed by atoms with E-state index in [2.05, 4.69) is 17.2 Å². The van der Waals surface area contributed by atoms with Crippen LogP contribution in [0.15, 0.2) is 18.2 Å². The van der Waals surface area contributed by atoms with Crippen molar-refractivity contribution in [1.29, 1.82) is 0 Å². The van der Waals surface area contributed by atoms with Crippen molar-refractivity contribution in [2.75, 3.05) is 0 Å². The summed E-state index contributed by atoms with van der Waals surface area (Å²) in [5.41, 5.74) is 1.01.